The molecule has 0 saturated heterocycles. The summed E-state index contributed by atoms with van der Waals surface area (Å²) in [6, 6.07) is 10.8. The summed E-state index contributed by atoms with van der Waals surface area (Å²) in [5.74, 6) is 1.27. The van der Waals surface area contributed by atoms with E-state index in [1.807, 2.05) is 0 Å². The van der Waals surface area contributed by atoms with E-state index in [4.69, 9.17) is 4.98 Å². The Hall–Kier alpha value is -1.57. The van der Waals surface area contributed by atoms with Crippen LogP contribution in [0, 0.1) is 0 Å². The van der Waals surface area contributed by atoms with Crippen molar-refractivity contribution in [2.75, 3.05) is 0 Å². The molecule has 2 rings (SSSR count). The quantitative estimate of drug-likeness (QED) is 0.206. The molecular weight excluding hydrogens is 376 g/mol. The summed E-state index contributed by atoms with van der Waals surface area (Å²) >= 11 is 0. The lowest BCUT2D eigenvalue weighted by Gasteiger charge is -2.04. The van der Waals surface area contributed by atoms with Crippen LogP contribution in [0.3, 0.4) is 0 Å². The summed E-state index contributed by atoms with van der Waals surface area (Å²) in [5.41, 5.74) is 2.69. The Bertz CT molecular complexity index is 659. The van der Waals surface area contributed by atoms with Crippen LogP contribution in [0.25, 0.3) is 0 Å². The van der Waals surface area contributed by atoms with Crippen LogP contribution < -0.4 is 0 Å². The fourth-order valence-corrected chi connectivity index (χ4v) is 4.52. The maximum atomic E-state index is 4.90. The van der Waals surface area contributed by atoms with E-state index in [1.165, 1.54) is 113 Å². The Balaban J connectivity index is 1.43. The third-order valence-corrected chi connectivity index (χ3v) is 6.52. The topological polar surface area (TPSA) is 17.8 Å². The Kier molecular flexibility index (Phi) is 14.1. The molecule has 0 N–H and O–H groups in total. The average molecular weight is 425 g/mol. The van der Waals surface area contributed by atoms with E-state index in [2.05, 4.69) is 55.1 Å². The van der Waals surface area contributed by atoms with Gasteiger partial charge in [0.05, 0.1) is 5.69 Å². The molecule has 0 aliphatic heterocycles. The van der Waals surface area contributed by atoms with Gasteiger partial charge in [0.2, 0.25) is 0 Å². The van der Waals surface area contributed by atoms with Crippen molar-refractivity contribution in [2.45, 2.75) is 122 Å². The van der Waals surface area contributed by atoms with Gasteiger partial charge in [-0.25, -0.2) is 4.98 Å². The molecule has 2 aromatic rings. The average Bonchev–Trinajstić information content (AvgIpc) is 3.14. The molecule has 0 spiro atoms. The van der Waals surface area contributed by atoms with Crippen molar-refractivity contribution in [1.82, 2.24) is 9.55 Å². The highest BCUT2D eigenvalue weighted by Crippen LogP contribution is 2.14. The van der Waals surface area contributed by atoms with E-state index in [9.17, 15) is 0 Å². The number of imidazole rings is 1. The van der Waals surface area contributed by atoms with Crippen molar-refractivity contribution < 1.29 is 0 Å². The minimum atomic E-state index is 1.08. The van der Waals surface area contributed by atoms with Crippen molar-refractivity contribution in [2.24, 2.45) is 7.05 Å². The predicted octanol–water partition coefficient (Wildman–Crippen LogP) is 8.62. The molecule has 0 saturated carbocycles. The van der Waals surface area contributed by atoms with Gasteiger partial charge in [-0.3, -0.25) is 0 Å². The zero-order chi connectivity index (χ0) is 22.0. The maximum Gasteiger partial charge on any atom is 0.108 e. The SMILES string of the molecule is CCCCCCCCCCCCCCCCc1nc(CCCc2ccccc2)cn1C. The van der Waals surface area contributed by atoms with Gasteiger partial charge in [0, 0.05) is 19.7 Å². The molecule has 2 heteroatoms. The first-order valence-corrected chi connectivity index (χ1v) is 13.3. The van der Waals surface area contributed by atoms with E-state index in [0.29, 0.717) is 0 Å². The van der Waals surface area contributed by atoms with Crippen LogP contribution in [0.15, 0.2) is 36.5 Å². The van der Waals surface area contributed by atoms with Crippen molar-refractivity contribution >= 4 is 0 Å². The molecule has 0 amide bonds. The monoisotopic (exact) mass is 424 g/mol. The van der Waals surface area contributed by atoms with Crippen LogP contribution in [0.4, 0.5) is 0 Å². The molecule has 2 nitrogen and oxygen atoms in total. The number of unbranched alkanes of at least 4 members (excludes halogenated alkanes) is 13. The zero-order valence-corrected chi connectivity index (χ0v) is 20.6. The van der Waals surface area contributed by atoms with Gasteiger partial charge in [-0.2, -0.15) is 0 Å². The highest BCUT2D eigenvalue weighted by molar-refractivity contribution is 5.15. The van der Waals surface area contributed by atoms with E-state index in [0.717, 1.165) is 19.3 Å². The molecule has 31 heavy (non-hydrogen) atoms. The largest absolute Gasteiger partial charge is 0.338 e. The molecule has 1 heterocycles. The molecule has 0 atom stereocenters. The number of aromatic nitrogens is 2. The van der Waals surface area contributed by atoms with Crippen LogP contribution in [0.1, 0.15) is 120 Å². The lowest BCUT2D eigenvalue weighted by Crippen LogP contribution is -1.97. The first-order valence-electron chi connectivity index (χ1n) is 13.3. The Labute approximate surface area is 192 Å². The van der Waals surface area contributed by atoms with E-state index in [-0.39, 0.29) is 0 Å². The normalized spacial score (nSPS) is 11.3. The maximum absolute atomic E-state index is 4.90. The minimum Gasteiger partial charge on any atom is -0.338 e. The molecule has 0 bridgehead atoms. The summed E-state index contributed by atoms with van der Waals surface area (Å²) in [6.07, 6.45) is 26.6. The van der Waals surface area contributed by atoms with Crippen molar-refractivity contribution in [1.29, 1.82) is 0 Å². The Morgan fingerprint density at radius 2 is 1.16 bits per heavy atom. The zero-order valence-electron chi connectivity index (χ0n) is 20.6. The second kappa shape index (κ2) is 17.0. The summed E-state index contributed by atoms with van der Waals surface area (Å²) in [5, 5.41) is 0. The van der Waals surface area contributed by atoms with Gasteiger partial charge in [0.25, 0.3) is 0 Å². The molecule has 174 valence electrons. The minimum absolute atomic E-state index is 1.08. The highest BCUT2D eigenvalue weighted by atomic mass is 15.0. The molecule has 0 fully saturated rings. The van der Waals surface area contributed by atoms with Crippen molar-refractivity contribution in [3.05, 3.63) is 53.6 Å². The standard InChI is InChI=1S/C29H48N2/c1-3-4-5-6-7-8-9-10-11-12-13-14-15-19-25-29-30-28(26-31(29)2)24-20-23-27-21-17-16-18-22-27/h16-18,21-22,26H,3-15,19-20,23-25H2,1-2H3. The van der Waals surface area contributed by atoms with Crippen LogP contribution in [-0.4, -0.2) is 9.55 Å². The van der Waals surface area contributed by atoms with Crippen molar-refractivity contribution in [3.8, 4) is 0 Å². The van der Waals surface area contributed by atoms with Gasteiger partial charge in [-0.1, -0.05) is 121 Å². The summed E-state index contributed by atoms with van der Waals surface area (Å²) in [7, 11) is 2.16. The molecule has 1 aromatic heterocycles. The van der Waals surface area contributed by atoms with Gasteiger partial charge in [-0.15, -0.1) is 0 Å². The Morgan fingerprint density at radius 1 is 0.613 bits per heavy atom. The number of aryl methyl sites for hydroxylation is 4. The first kappa shape index (κ1) is 25.7. The molecule has 0 radical (unpaired) electrons. The van der Waals surface area contributed by atoms with Gasteiger partial charge in [0.1, 0.15) is 5.82 Å². The molecule has 0 aliphatic rings. The molecular formula is C29H48N2. The smallest absolute Gasteiger partial charge is 0.108 e. The lowest BCUT2D eigenvalue weighted by molar-refractivity contribution is 0.534. The second-order valence-electron chi connectivity index (χ2n) is 9.44. The number of nitrogens with zero attached hydrogens (tertiary/aromatic N) is 2. The summed E-state index contributed by atoms with van der Waals surface area (Å²) in [4.78, 5) is 4.90. The van der Waals surface area contributed by atoms with E-state index < -0.39 is 0 Å². The number of hydrogen-bond acceptors (Lipinski definition) is 1. The third-order valence-electron chi connectivity index (χ3n) is 6.52. The predicted molar refractivity (Wildman–Crippen MR) is 136 cm³/mol. The van der Waals surface area contributed by atoms with Gasteiger partial charge in [-0.05, 0) is 31.2 Å². The fraction of sp³-hybridized carbons (Fsp3) is 0.690. The molecule has 0 unspecified atom stereocenters. The van der Waals surface area contributed by atoms with Crippen LogP contribution in [0.2, 0.25) is 0 Å². The Morgan fingerprint density at radius 3 is 1.74 bits per heavy atom. The van der Waals surface area contributed by atoms with E-state index in [1.54, 1.807) is 0 Å². The number of hydrogen-bond donors (Lipinski definition) is 0. The van der Waals surface area contributed by atoms with Crippen LogP contribution in [0.5, 0.6) is 0 Å². The summed E-state index contributed by atoms with van der Waals surface area (Å²) in [6.45, 7) is 2.30. The van der Waals surface area contributed by atoms with E-state index >= 15 is 0 Å². The molecule has 1 aromatic carbocycles. The highest BCUT2D eigenvalue weighted by Gasteiger charge is 2.05. The number of rotatable bonds is 19. The second-order valence-corrected chi connectivity index (χ2v) is 9.44. The first-order chi connectivity index (χ1) is 15.3. The van der Waals surface area contributed by atoms with Crippen LogP contribution in [-0.2, 0) is 26.3 Å². The fourth-order valence-electron chi connectivity index (χ4n) is 4.52. The van der Waals surface area contributed by atoms with Gasteiger partial charge >= 0.3 is 0 Å². The molecule has 0 aliphatic carbocycles. The summed E-state index contributed by atoms with van der Waals surface area (Å²) < 4.78 is 2.25. The van der Waals surface area contributed by atoms with Gasteiger partial charge in [0.15, 0.2) is 0 Å². The van der Waals surface area contributed by atoms with Crippen LogP contribution >= 0.6 is 0 Å². The number of benzene rings is 1. The third kappa shape index (κ3) is 12.1. The van der Waals surface area contributed by atoms with Crippen molar-refractivity contribution in [3.63, 3.8) is 0 Å². The lowest BCUT2D eigenvalue weighted by atomic mass is 10.0. The van der Waals surface area contributed by atoms with Gasteiger partial charge < -0.3 is 4.57 Å².